The van der Waals surface area contributed by atoms with Crippen LogP contribution in [0, 0.1) is 28.6 Å². The van der Waals surface area contributed by atoms with Crippen molar-refractivity contribution < 1.29 is 0 Å². The second-order valence-electron chi connectivity index (χ2n) is 4.51. The number of nitroso groups, excluding NO2 is 1. The van der Waals surface area contributed by atoms with Crippen molar-refractivity contribution in [2.24, 2.45) is 28.8 Å². The minimum absolute atomic E-state index is 0.0361. The summed E-state index contributed by atoms with van der Waals surface area (Å²) < 4.78 is 0. The van der Waals surface area contributed by atoms with Crippen LogP contribution in [0.2, 0.25) is 0 Å². The Labute approximate surface area is 85.9 Å². The molecule has 2 nitrogen and oxygen atoms in total. The number of rotatable bonds is 1. The van der Waals surface area contributed by atoms with Crippen molar-refractivity contribution in [1.29, 1.82) is 0 Å². The van der Waals surface area contributed by atoms with Crippen LogP contribution in [0.1, 0.15) is 12.8 Å². The lowest BCUT2D eigenvalue weighted by atomic mass is 9.79. The van der Waals surface area contributed by atoms with Crippen LogP contribution in [-0.2, 0) is 0 Å². The van der Waals surface area contributed by atoms with Gasteiger partial charge < -0.3 is 0 Å². The average Bonchev–Trinajstić information content (AvgIpc) is 2.71. The summed E-state index contributed by atoms with van der Waals surface area (Å²) in [6, 6.07) is 0.0361. The molecule has 2 bridgehead atoms. The van der Waals surface area contributed by atoms with Gasteiger partial charge in [-0.2, -0.15) is 4.91 Å². The Hall–Kier alpha value is -0.180. The predicted octanol–water partition coefficient (Wildman–Crippen LogP) is 2.73. The van der Waals surface area contributed by atoms with Crippen molar-refractivity contribution >= 4 is 15.9 Å². The largest absolute Gasteiger partial charge is 0.150 e. The third-order valence-corrected chi connectivity index (χ3v) is 5.37. The van der Waals surface area contributed by atoms with E-state index in [1.807, 2.05) is 0 Å². The summed E-state index contributed by atoms with van der Waals surface area (Å²) in [6.07, 6.45) is 7.03. The molecule has 70 valence electrons. The van der Waals surface area contributed by atoms with Crippen LogP contribution < -0.4 is 0 Å². The highest BCUT2D eigenvalue weighted by molar-refractivity contribution is 9.09. The van der Waals surface area contributed by atoms with Crippen molar-refractivity contribution in [3.8, 4) is 0 Å². The predicted molar refractivity (Wildman–Crippen MR) is 54.6 cm³/mol. The quantitative estimate of drug-likeness (QED) is 0.395. The zero-order chi connectivity index (χ0) is 9.00. The van der Waals surface area contributed by atoms with Crippen LogP contribution in [0.4, 0.5) is 0 Å². The molecule has 0 heterocycles. The molecule has 0 radical (unpaired) electrons. The highest BCUT2D eigenvalue weighted by Gasteiger charge is 2.57. The van der Waals surface area contributed by atoms with Crippen molar-refractivity contribution in [3.05, 3.63) is 17.1 Å². The zero-order valence-corrected chi connectivity index (χ0v) is 8.85. The van der Waals surface area contributed by atoms with Crippen LogP contribution in [-0.4, -0.2) is 10.9 Å². The summed E-state index contributed by atoms with van der Waals surface area (Å²) in [5.74, 6) is 2.72. The molecule has 13 heavy (non-hydrogen) atoms. The lowest BCUT2D eigenvalue weighted by Gasteiger charge is -2.31. The maximum Gasteiger partial charge on any atom is 0.108 e. The number of halogens is 1. The highest BCUT2D eigenvalue weighted by Crippen LogP contribution is 2.59. The standard InChI is InChI=1S/C10H12BrNO/c11-9-7-4-8(10(9)12-13)6-3-1-2-5(6)7/h1,3,5-10H,2,4H2/t5-,6+,7+,8+,9-,10+/m1/s1. The monoisotopic (exact) mass is 241 g/mol. The van der Waals surface area contributed by atoms with Crippen LogP contribution in [0.5, 0.6) is 0 Å². The normalized spacial score (nSPS) is 57.0. The first-order chi connectivity index (χ1) is 6.33. The van der Waals surface area contributed by atoms with Crippen LogP contribution >= 0.6 is 15.9 Å². The molecule has 0 N–H and O–H groups in total. The molecule has 2 saturated carbocycles. The summed E-state index contributed by atoms with van der Waals surface area (Å²) in [4.78, 5) is 11.0. The van der Waals surface area contributed by atoms with E-state index in [1.54, 1.807) is 0 Å². The fourth-order valence-electron chi connectivity index (χ4n) is 3.62. The SMILES string of the molecule is O=N[C@@H]1[C@H](Br)[C@H]2C[C@H]1[C@H]1C=CC[C@H]12. The molecule has 6 atom stereocenters. The molecule has 3 aliphatic carbocycles. The first-order valence-corrected chi connectivity index (χ1v) is 5.87. The van der Waals surface area contributed by atoms with E-state index in [-0.39, 0.29) is 6.04 Å². The highest BCUT2D eigenvalue weighted by atomic mass is 79.9. The van der Waals surface area contributed by atoms with Gasteiger partial charge >= 0.3 is 0 Å². The minimum atomic E-state index is 0.0361. The molecule has 0 aromatic carbocycles. The Morgan fingerprint density at radius 1 is 1.31 bits per heavy atom. The van der Waals surface area contributed by atoms with Gasteiger partial charge in [0, 0.05) is 4.83 Å². The molecule has 0 unspecified atom stereocenters. The first-order valence-electron chi connectivity index (χ1n) is 4.96. The summed E-state index contributed by atoms with van der Waals surface area (Å²) in [6.45, 7) is 0. The van der Waals surface area contributed by atoms with E-state index < -0.39 is 0 Å². The maximum absolute atomic E-state index is 10.7. The topological polar surface area (TPSA) is 29.4 Å². The molecule has 0 aliphatic heterocycles. The van der Waals surface area contributed by atoms with E-state index in [0.717, 1.165) is 5.92 Å². The number of fused-ring (bicyclic) bond motifs is 5. The molecule has 3 heteroatoms. The Balaban J connectivity index is 1.94. The molecule has 0 aromatic heterocycles. The Kier molecular flexibility index (Phi) is 1.67. The van der Waals surface area contributed by atoms with Gasteiger partial charge in [0.25, 0.3) is 0 Å². The van der Waals surface area contributed by atoms with Gasteiger partial charge in [0.1, 0.15) is 6.04 Å². The summed E-state index contributed by atoms with van der Waals surface area (Å²) >= 11 is 3.64. The third kappa shape index (κ3) is 0.888. The van der Waals surface area contributed by atoms with Crippen molar-refractivity contribution in [3.63, 3.8) is 0 Å². The van der Waals surface area contributed by atoms with Gasteiger partial charge in [-0.05, 0) is 36.5 Å². The number of hydrogen-bond donors (Lipinski definition) is 0. The van der Waals surface area contributed by atoms with Crippen LogP contribution in [0.3, 0.4) is 0 Å². The van der Waals surface area contributed by atoms with Gasteiger partial charge in [-0.25, -0.2) is 0 Å². The fraction of sp³-hybridized carbons (Fsp3) is 0.800. The lowest BCUT2D eigenvalue weighted by molar-refractivity contribution is 0.269. The molecule has 2 fully saturated rings. The van der Waals surface area contributed by atoms with Crippen molar-refractivity contribution in [1.82, 2.24) is 0 Å². The van der Waals surface area contributed by atoms with E-state index in [4.69, 9.17) is 0 Å². The van der Waals surface area contributed by atoms with Gasteiger partial charge in [0.05, 0.1) is 0 Å². The number of hydrogen-bond acceptors (Lipinski definition) is 2. The van der Waals surface area contributed by atoms with Crippen molar-refractivity contribution in [2.45, 2.75) is 23.7 Å². The van der Waals surface area contributed by atoms with Gasteiger partial charge in [0.15, 0.2) is 0 Å². The van der Waals surface area contributed by atoms with Gasteiger partial charge in [-0.3, -0.25) is 0 Å². The van der Waals surface area contributed by atoms with Crippen molar-refractivity contribution in [2.75, 3.05) is 0 Å². The number of allylic oxidation sites excluding steroid dienone is 2. The molecular formula is C10H12BrNO. The van der Waals surface area contributed by atoms with E-state index in [2.05, 4.69) is 33.3 Å². The maximum atomic E-state index is 10.7. The second-order valence-corrected chi connectivity index (χ2v) is 5.57. The summed E-state index contributed by atoms with van der Waals surface area (Å²) in [5, 5.41) is 3.28. The van der Waals surface area contributed by atoms with Gasteiger partial charge in [0.2, 0.25) is 0 Å². The summed E-state index contributed by atoms with van der Waals surface area (Å²) in [7, 11) is 0. The average molecular weight is 242 g/mol. The lowest BCUT2D eigenvalue weighted by Crippen LogP contribution is -2.35. The zero-order valence-electron chi connectivity index (χ0n) is 7.27. The molecule has 3 rings (SSSR count). The van der Waals surface area contributed by atoms with Crippen LogP contribution in [0.25, 0.3) is 0 Å². The Morgan fingerprint density at radius 3 is 2.92 bits per heavy atom. The van der Waals surface area contributed by atoms with Gasteiger partial charge in [-0.15, -0.1) is 0 Å². The molecule has 0 spiro atoms. The van der Waals surface area contributed by atoms with Gasteiger partial charge in [-0.1, -0.05) is 33.3 Å². The molecular weight excluding hydrogens is 230 g/mol. The molecule has 0 amide bonds. The third-order valence-electron chi connectivity index (χ3n) is 4.15. The molecule has 3 aliphatic rings. The number of alkyl halides is 1. The van der Waals surface area contributed by atoms with E-state index in [1.165, 1.54) is 12.8 Å². The second kappa shape index (κ2) is 2.66. The van der Waals surface area contributed by atoms with E-state index in [9.17, 15) is 4.91 Å². The smallest absolute Gasteiger partial charge is 0.108 e. The first kappa shape index (κ1) is 8.16. The number of nitrogens with zero attached hydrogens (tertiary/aromatic N) is 1. The summed E-state index contributed by atoms with van der Waals surface area (Å²) in [5.41, 5.74) is 0. The van der Waals surface area contributed by atoms with E-state index >= 15 is 0 Å². The fourth-order valence-corrected chi connectivity index (χ4v) is 4.71. The minimum Gasteiger partial charge on any atom is -0.150 e. The Morgan fingerprint density at radius 2 is 2.15 bits per heavy atom. The molecule has 0 saturated heterocycles. The molecule has 0 aromatic rings. The Bertz CT molecular complexity index is 276. The van der Waals surface area contributed by atoms with Crippen LogP contribution in [0.15, 0.2) is 17.3 Å². The van der Waals surface area contributed by atoms with E-state index in [0.29, 0.717) is 22.6 Å².